The summed E-state index contributed by atoms with van der Waals surface area (Å²) >= 11 is 0. The Kier molecular flexibility index (Phi) is 8.23. The molecule has 198 valence electrons. The van der Waals surface area contributed by atoms with E-state index in [4.69, 9.17) is 9.72 Å². The van der Waals surface area contributed by atoms with Crippen LogP contribution >= 0.6 is 0 Å². The van der Waals surface area contributed by atoms with E-state index in [1.165, 1.54) is 11.1 Å². The summed E-state index contributed by atoms with van der Waals surface area (Å²) in [6, 6.07) is 41.0. The van der Waals surface area contributed by atoms with Gasteiger partial charge in [-0.05, 0) is 55.1 Å². The number of imidazole rings is 1. The molecule has 0 bridgehead atoms. The number of ether oxygens (including phenoxy) is 1. The van der Waals surface area contributed by atoms with Gasteiger partial charge in [0.25, 0.3) is 0 Å². The molecule has 0 saturated carbocycles. The number of nitrogens with zero attached hydrogens (tertiary/aromatic N) is 4. The molecule has 0 N–H and O–H groups in total. The predicted molar refractivity (Wildman–Crippen MR) is 155 cm³/mol. The Bertz CT molecular complexity index is 1700. The van der Waals surface area contributed by atoms with Gasteiger partial charge in [-0.3, -0.25) is 4.98 Å². The van der Waals surface area contributed by atoms with Crippen LogP contribution < -0.4 is 9.64 Å². The van der Waals surface area contributed by atoms with Gasteiger partial charge in [0.05, 0.1) is 12.0 Å². The molecule has 5 nitrogen and oxygen atoms in total. The summed E-state index contributed by atoms with van der Waals surface area (Å²) < 4.78 is 8.07. The number of benzene rings is 4. The maximum absolute atomic E-state index is 5.98. The summed E-state index contributed by atoms with van der Waals surface area (Å²) in [5.74, 6) is 1.10. The second-order valence-electron chi connectivity index (χ2n) is 9.20. The molecule has 40 heavy (non-hydrogen) atoms. The Morgan fingerprint density at radius 1 is 0.700 bits per heavy atom. The molecular formula is C34H26N4OPt. The number of pyridine rings is 1. The minimum absolute atomic E-state index is 0. The van der Waals surface area contributed by atoms with Crippen LogP contribution in [0.1, 0.15) is 11.1 Å². The molecule has 0 atom stereocenters. The molecule has 6 aromatic rings. The van der Waals surface area contributed by atoms with Crippen molar-refractivity contribution < 1.29 is 25.8 Å². The van der Waals surface area contributed by atoms with Crippen LogP contribution in [0.5, 0.6) is 11.6 Å². The van der Waals surface area contributed by atoms with Gasteiger partial charge in [-0.25, -0.2) is 4.98 Å². The maximum atomic E-state index is 5.98. The molecule has 0 spiro atoms. The van der Waals surface area contributed by atoms with Crippen LogP contribution in [0.4, 0.5) is 17.1 Å². The summed E-state index contributed by atoms with van der Waals surface area (Å²) in [7, 11) is 0. The van der Waals surface area contributed by atoms with Crippen LogP contribution in [0.25, 0.3) is 16.9 Å². The molecule has 6 heteroatoms. The summed E-state index contributed by atoms with van der Waals surface area (Å²) in [5, 5.41) is 0. The number of aryl methyl sites for hydroxylation is 2. The third-order valence-corrected chi connectivity index (χ3v) is 6.44. The smallest absolute Gasteiger partial charge is 0.466 e. The van der Waals surface area contributed by atoms with Crippen molar-refractivity contribution in [1.29, 1.82) is 0 Å². The average Bonchev–Trinajstić information content (AvgIpc) is 3.45. The molecule has 0 saturated heterocycles. The van der Waals surface area contributed by atoms with Crippen molar-refractivity contribution in [2.75, 3.05) is 4.90 Å². The van der Waals surface area contributed by atoms with Gasteiger partial charge in [0.15, 0.2) is 0 Å². The number of anilines is 3. The van der Waals surface area contributed by atoms with Gasteiger partial charge >= 0.3 is 21.1 Å². The first-order chi connectivity index (χ1) is 19.2. The van der Waals surface area contributed by atoms with E-state index in [1.54, 1.807) is 6.20 Å². The first kappa shape index (κ1) is 27.1. The van der Waals surface area contributed by atoms with Gasteiger partial charge in [-0.1, -0.05) is 48.2 Å². The minimum Gasteiger partial charge on any atom is -0.466 e. The fourth-order valence-corrected chi connectivity index (χ4v) is 4.67. The van der Waals surface area contributed by atoms with Crippen LogP contribution in [-0.2, 0) is 21.1 Å². The van der Waals surface area contributed by atoms with Crippen molar-refractivity contribution in [3.8, 4) is 28.6 Å². The number of aromatic nitrogens is 3. The molecule has 0 radical (unpaired) electrons. The molecule has 4 aromatic carbocycles. The van der Waals surface area contributed by atoms with Gasteiger partial charge < -0.3 is 14.2 Å². The van der Waals surface area contributed by atoms with E-state index in [9.17, 15) is 0 Å². The molecule has 2 aromatic heterocycles. The Morgan fingerprint density at radius 3 is 2.15 bits per heavy atom. The molecule has 0 unspecified atom stereocenters. The number of hydrogen-bond donors (Lipinski definition) is 0. The Labute approximate surface area is 249 Å². The van der Waals surface area contributed by atoms with Crippen molar-refractivity contribution in [2.24, 2.45) is 0 Å². The van der Waals surface area contributed by atoms with Crippen molar-refractivity contribution in [3.63, 3.8) is 0 Å². The summed E-state index contributed by atoms with van der Waals surface area (Å²) in [5.41, 5.74) is 7.99. The average molecular weight is 702 g/mol. The Morgan fingerprint density at radius 2 is 1.40 bits per heavy atom. The topological polar surface area (TPSA) is 43.2 Å². The number of hydrogen-bond acceptors (Lipinski definition) is 4. The fourth-order valence-electron chi connectivity index (χ4n) is 4.67. The summed E-state index contributed by atoms with van der Waals surface area (Å²) in [6.45, 7) is 4.24. The minimum atomic E-state index is 0. The number of rotatable bonds is 7. The van der Waals surface area contributed by atoms with Gasteiger partial charge in [-0.2, -0.15) is 6.07 Å². The third kappa shape index (κ3) is 5.75. The van der Waals surface area contributed by atoms with Gasteiger partial charge in [-0.15, -0.1) is 48.0 Å². The normalized spacial score (nSPS) is 10.6. The molecular weight excluding hydrogens is 675 g/mol. The first-order valence-electron chi connectivity index (χ1n) is 12.8. The fraction of sp³-hybridized carbons (Fsp3) is 0.0588. The second kappa shape index (κ2) is 12.1. The van der Waals surface area contributed by atoms with Crippen LogP contribution in [0, 0.1) is 26.0 Å². The van der Waals surface area contributed by atoms with E-state index in [0.717, 1.165) is 34.0 Å². The zero-order chi connectivity index (χ0) is 26.6. The second-order valence-corrected chi connectivity index (χ2v) is 9.20. The van der Waals surface area contributed by atoms with Crippen LogP contribution in [-0.4, -0.2) is 14.5 Å². The van der Waals surface area contributed by atoms with Crippen molar-refractivity contribution in [3.05, 3.63) is 145 Å². The van der Waals surface area contributed by atoms with E-state index >= 15 is 0 Å². The number of para-hydroxylation sites is 2. The van der Waals surface area contributed by atoms with Crippen molar-refractivity contribution in [2.45, 2.75) is 13.8 Å². The zero-order valence-corrected chi connectivity index (χ0v) is 24.3. The van der Waals surface area contributed by atoms with Crippen LogP contribution in [0.3, 0.4) is 0 Å². The van der Waals surface area contributed by atoms with Crippen molar-refractivity contribution >= 4 is 17.1 Å². The van der Waals surface area contributed by atoms with Gasteiger partial charge in [0.2, 0.25) is 5.88 Å². The first-order valence-corrected chi connectivity index (χ1v) is 12.8. The van der Waals surface area contributed by atoms with Gasteiger partial charge in [0, 0.05) is 29.4 Å². The maximum Gasteiger partial charge on any atom is 2.00 e. The van der Waals surface area contributed by atoms with Crippen LogP contribution in [0.15, 0.2) is 122 Å². The van der Waals surface area contributed by atoms with E-state index < -0.39 is 0 Å². The Balaban J connectivity index is 0.00000323. The van der Waals surface area contributed by atoms with Gasteiger partial charge in [0.1, 0.15) is 0 Å². The van der Waals surface area contributed by atoms with E-state index in [-0.39, 0.29) is 21.1 Å². The predicted octanol–water partition coefficient (Wildman–Crippen LogP) is 8.41. The zero-order valence-electron chi connectivity index (χ0n) is 22.1. The summed E-state index contributed by atoms with van der Waals surface area (Å²) in [4.78, 5) is 11.1. The largest absolute Gasteiger partial charge is 2.00 e. The molecule has 0 aliphatic heterocycles. The molecule has 0 aliphatic rings. The summed E-state index contributed by atoms with van der Waals surface area (Å²) in [6.07, 6.45) is 5.63. The molecule has 2 heterocycles. The molecule has 0 fully saturated rings. The molecule has 6 rings (SSSR count). The monoisotopic (exact) mass is 701 g/mol. The molecule has 0 aliphatic carbocycles. The van der Waals surface area contributed by atoms with E-state index in [1.807, 2.05) is 79.1 Å². The Hall–Kier alpha value is -4.47. The standard InChI is InChI=1S/C34H26N4O.Pt/c1-25-11-8-12-26(2)34(25)37-23-32(36-24-37)27-13-9-16-29(21-27)38(28-14-4-3-5-15-28)30-17-10-18-31(22-30)39-33-19-6-7-20-35-33;/h3-20,23-24H,1-2H3;/q-2;+2. The SMILES string of the molecule is Cc1cccc(C)c1-n1cnc(-c2[c-]c(N(c3[c-]c(Oc4ccccn4)ccc3)c3ccccc3)ccc2)c1.[Pt+2]. The van der Waals surface area contributed by atoms with E-state index in [2.05, 4.69) is 77.0 Å². The van der Waals surface area contributed by atoms with E-state index in [0.29, 0.717) is 11.6 Å². The van der Waals surface area contributed by atoms with Crippen LogP contribution in [0.2, 0.25) is 0 Å². The quantitative estimate of drug-likeness (QED) is 0.157. The van der Waals surface area contributed by atoms with Crippen molar-refractivity contribution in [1.82, 2.24) is 14.5 Å². The third-order valence-electron chi connectivity index (χ3n) is 6.44. The molecule has 0 amide bonds.